The maximum absolute atomic E-state index is 13.8. The van der Waals surface area contributed by atoms with Gasteiger partial charge in [-0.2, -0.15) is 0 Å². The zero-order valence-electron chi connectivity index (χ0n) is 14.3. The van der Waals surface area contributed by atoms with Crippen molar-refractivity contribution < 1.29 is 9.13 Å². The van der Waals surface area contributed by atoms with Crippen molar-refractivity contribution in [2.75, 3.05) is 13.7 Å². The Morgan fingerprint density at radius 2 is 2.08 bits per heavy atom. The van der Waals surface area contributed by atoms with Crippen LogP contribution < -0.4 is 10.1 Å². The first-order chi connectivity index (χ1) is 12.2. The van der Waals surface area contributed by atoms with E-state index in [4.69, 9.17) is 4.74 Å². The normalized spacial score (nSPS) is 17.6. The largest absolute Gasteiger partial charge is 0.496 e. The van der Waals surface area contributed by atoms with Crippen LogP contribution in [-0.4, -0.2) is 29.7 Å². The van der Waals surface area contributed by atoms with Crippen LogP contribution in [0.25, 0.3) is 27.7 Å². The third-order valence-electron chi connectivity index (χ3n) is 4.64. The molecule has 0 fully saturated rings. The molecule has 0 spiro atoms. The van der Waals surface area contributed by atoms with Crippen LogP contribution >= 0.6 is 0 Å². The minimum absolute atomic E-state index is 0.286. The van der Waals surface area contributed by atoms with Crippen molar-refractivity contribution in [3.05, 3.63) is 54.1 Å². The van der Waals surface area contributed by atoms with Crippen LogP contribution in [0.4, 0.5) is 4.39 Å². The minimum atomic E-state index is -0.286. The van der Waals surface area contributed by atoms with Crippen LogP contribution in [0.3, 0.4) is 0 Å². The van der Waals surface area contributed by atoms with Gasteiger partial charge < -0.3 is 15.0 Å². The number of fused-ring (bicyclic) bond motifs is 1. The standard InChI is InChI=1S/C20H20FN3O/c1-12-9-13(5-7-22-12)18-11-17-15(6-8-23-20(17)24-18)16-10-14(21)3-4-19(16)25-2/h3-4,6,8-12,22H,5,7H2,1-2H3,(H,23,24). The predicted molar refractivity (Wildman–Crippen MR) is 98.1 cm³/mol. The summed E-state index contributed by atoms with van der Waals surface area (Å²) in [5.74, 6) is 0.359. The number of ether oxygens (including phenoxy) is 1. The number of nitrogens with zero attached hydrogens (tertiary/aromatic N) is 1. The van der Waals surface area contributed by atoms with E-state index < -0.39 is 0 Å². The first kappa shape index (κ1) is 15.8. The van der Waals surface area contributed by atoms with Crippen molar-refractivity contribution >= 4 is 16.6 Å². The number of H-pyrrole nitrogens is 1. The lowest BCUT2D eigenvalue weighted by Gasteiger charge is -2.18. The van der Waals surface area contributed by atoms with Gasteiger partial charge in [0.2, 0.25) is 0 Å². The first-order valence-corrected chi connectivity index (χ1v) is 8.42. The number of pyridine rings is 1. The summed E-state index contributed by atoms with van der Waals surface area (Å²) in [5.41, 5.74) is 4.78. The fraction of sp³-hybridized carbons (Fsp3) is 0.250. The maximum atomic E-state index is 13.8. The molecule has 1 aromatic carbocycles. The Labute approximate surface area is 145 Å². The van der Waals surface area contributed by atoms with Gasteiger partial charge in [0.05, 0.1) is 7.11 Å². The molecule has 0 amide bonds. The van der Waals surface area contributed by atoms with E-state index in [-0.39, 0.29) is 5.82 Å². The molecule has 3 heterocycles. The number of hydrogen-bond donors (Lipinski definition) is 2. The molecule has 0 saturated carbocycles. The molecule has 4 nitrogen and oxygen atoms in total. The highest BCUT2D eigenvalue weighted by molar-refractivity contribution is 5.96. The number of benzene rings is 1. The fourth-order valence-corrected chi connectivity index (χ4v) is 3.43. The summed E-state index contributed by atoms with van der Waals surface area (Å²) >= 11 is 0. The molecule has 1 aliphatic rings. The number of aromatic amines is 1. The average molecular weight is 337 g/mol. The van der Waals surface area contributed by atoms with Crippen LogP contribution in [0.2, 0.25) is 0 Å². The van der Waals surface area contributed by atoms with E-state index in [9.17, 15) is 4.39 Å². The number of aromatic nitrogens is 2. The Balaban J connectivity index is 1.88. The molecule has 128 valence electrons. The van der Waals surface area contributed by atoms with Crippen molar-refractivity contribution in [2.24, 2.45) is 0 Å². The highest BCUT2D eigenvalue weighted by atomic mass is 19.1. The molecular formula is C20H20FN3O. The summed E-state index contributed by atoms with van der Waals surface area (Å²) in [6, 6.07) is 8.92. The number of hydrogen-bond acceptors (Lipinski definition) is 3. The summed E-state index contributed by atoms with van der Waals surface area (Å²) in [6.45, 7) is 3.10. The summed E-state index contributed by atoms with van der Waals surface area (Å²) in [4.78, 5) is 7.85. The molecule has 2 N–H and O–H groups in total. The molecule has 0 radical (unpaired) electrons. The van der Waals surface area contributed by atoms with Gasteiger partial charge in [-0.25, -0.2) is 9.37 Å². The molecule has 1 atom stereocenters. The van der Waals surface area contributed by atoms with E-state index in [0.717, 1.165) is 40.8 Å². The summed E-state index contributed by atoms with van der Waals surface area (Å²) in [5, 5.41) is 4.38. The van der Waals surface area contributed by atoms with Gasteiger partial charge in [-0.3, -0.25) is 0 Å². The number of nitrogens with one attached hydrogen (secondary N) is 2. The number of methoxy groups -OCH3 is 1. The zero-order chi connectivity index (χ0) is 17.4. The van der Waals surface area contributed by atoms with Gasteiger partial charge in [0, 0.05) is 28.9 Å². The Hall–Kier alpha value is -2.66. The van der Waals surface area contributed by atoms with E-state index in [1.807, 2.05) is 6.07 Å². The summed E-state index contributed by atoms with van der Waals surface area (Å²) in [7, 11) is 1.60. The lowest BCUT2D eigenvalue weighted by molar-refractivity contribution is 0.415. The van der Waals surface area contributed by atoms with Crippen molar-refractivity contribution in [2.45, 2.75) is 19.4 Å². The Kier molecular flexibility index (Phi) is 4.01. The lowest BCUT2D eigenvalue weighted by Crippen LogP contribution is -2.29. The second kappa shape index (κ2) is 6.33. The quantitative estimate of drug-likeness (QED) is 0.755. The van der Waals surface area contributed by atoms with Crippen molar-refractivity contribution in [3.8, 4) is 16.9 Å². The molecule has 0 aliphatic carbocycles. The molecule has 5 heteroatoms. The predicted octanol–water partition coefficient (Wildman–Crippen LogP) is 4.14. The molecular weight excluding hydrogens is 317 g/mol. The molecule has 25 heavy (non-hydrogen) atoms. The minimum Gasteiger partial charge on any atom is -0.496 e. The van der Waals surface area contributed by atoms with Crippen LogP contribution in [0.15, 0.2) is 42.6 Å². The molecule has 1 aliphatic heterocycles. The second-order valence-electron chi connectivity index (χ2n) is 6.33. The lowest BCUT2D eigenvalue weighted by atomic mass is 10.00. The summed E-state index contributed by atoms with van der Waals surface area (Å²) in [6.07, 6.45) is 4.94. The van der Waals surface area contributed by atoms with Gasteiger partial charge in [0.15, 0.2) is 0 Å². The third-order valence-corrected chi connectivity index (χ3v) is 4.64. The van der Waals surface area contributed by atoms with E-state index in [1.54, 1.807) is 19.4 Å². The van der Waals surface area contributed by atoms with Crippen molar-refractivity contribution in [3.63, 3.8) is 0 Å². The Morgan fingerprint density at radius 3 is 2.88 bits per heavy atom. The van der Waals surface area contributed by atoms with Crippen LogP contribution in [0.5, 0.6) is 5.75 Å². The highest BCUT2D eigenvalue weighted by Crippen LogP contribution is 2.36. The molecule has 2 aromatic heterocycles. The Morgan fingerprint density at radius 1 is 1.20 bits per heavy atom. The van der Waals surface area contributed by atoms with Crippen LogP contribution in [0, 0.1) is 5.82 Å². The first-order valence-electron chi connectivity index (χ1n) is 8.42. The second-order valence-corrected chi connectivity index (χ2v) is 6.33. The van der Waals surface area contributed by atoms with Gasteiger partial charge in [-0.05, 0) is 61.4 Å². The van der Waals surface area contributed by atoms with Gasteiger partial charge in [0.25, 0.3) is 0 Å². The number of halogens is 1. The zero-order valence-corrected chi connectivity index (χ0v) is 14.3. The van der Waals surface area contributed by atoms with Crippen molar-refractivity contribution in [1.29, 1.82) is 0 Å². The SMILES string of the molecule is COc1ccc(F)cc1-c1ccnc2[nH]c(C3=CC(C)NCC3)cc12. The molecule has 1 unspecified atom stereocenters. The van der Waals surface area contributed by atoms with Gasteiger partial charge in [-0.15, -0.1) is 0 Å². The summed E-state index contributed by atoms with van der Waals surface area (Å²) < 4.78 is 19.2. The fourth-order valence-electron chi connectivity index (χ4n) is 3.43. The smallest absolute Gasteiger partial charge is 0.138 e. The van der Waals surface area contributed by atoms with Crippen LogP contribution in [0.1, 0.15) is 19.0 Å². The monoisotopic (exact) mass is 337 g/mol. The Bertz CT molecular complexity index is 961. The molecule has 0 bridgehead atoms. The van der Waals surface area contributed by atoms with E-state index in [2.05, 4.69) is 34.4 Å². The van der Waals surface area contributed by atoms with E-state index in [1.165, 1.54) is 17.7 Å². The van der Waals surface area contributed by atoms with Crippen molar-refractivity contribution in [1.82, 2.24) is 15.3 Å². The number of rotatable bonds is 3. The molecule has 4 rings (SSSR count). The van der Waals surface area contributed by atoms with Gasteiger partial charge in [-0.1, -0.05) is 6.08 Å². The topological polar surface area (TPSA) is 49.9 Å². The molecule has 0 saturated heterocycles. The van der Waals surface area contributed by atoms with Gasteiger partial charge in [0.1, 0.15) is 17.2 Å². The average Bonchev–Trinajstić information content (AvgIpc) is 3.06. The molecule has 3 aromatic rings. The van der Waals surface area contributed by atoms with E-state index in [0.29, 0.717) is 11.8 Å². The van der Waals surface area contributed by atoms with E-state index >= 15 is 0 Å². The highest BCUT2D eigenvalue weighted by Gasteiger charge is 2.16. The third kappa shape index (κ3) is 2.91. The van der Waals surface area contributed by atoms with Gasteiger partial charge >= 0.3 is 0 Å². The maximum Gasteiger partial charge on any atom is 0.138 e. The van der Waals surface area contributed by atoms with Crippen LogP contribution in [-0.2, 0) is 0 Å².